The fourth-order valence-corrected chi connectivity index (χ4v) is 3.38. The fourth-order valence-electron chi connectivity index (χ4n) is 2.18. The number of nitrogens with one attached hydrogen (secondary N) is 2. The van der Waals surface area contributed by atoms with Crippen molar-refractivity contribution < 1.29 is 17.9 Å². The van der Waals surface area contributed by atoms with Crippen molar-refractivity contribution in [2.75, 3.05) is 12.4 Å². The van der Waals surface area contributed by atoms with Crippen molar-refractivity contribution in [1.29, 1.82) is 0 Å². The summed E-state index contributed by atoms with van der Waals surface area (Å²) in [7, 11) is -2.30. The lowest BCUT2D eigenvalue weighted by Gasteiger charge is -2.15. The molecule has 1 amide bonds. The molecule has 2 N–H and O–H groups in total. The molecule has 2 rings (SSSR count). The van der Waals surface area contributed by atoms with Crippen molar-refractivity contribution in [3.63, 3.8) is 0 Å². The molecular formula is C18H22N2O4S. The molecule has 2 aromatic carbocycles. The van der Waals surface area contributed by atoms with Crippen molar-refractivity contribution in [2.45, 2.75) is 31.7 Å². The Balaban J connectivity index is 2.07. The molecule has 0 fully saturated rings. The zero-order valence-corrected chi connectivity index (χ0v) is 15.5. The van der Waals surface area contributed by atoms with Crippen LogP contribution >= 0.6 is 0 Å². The van der Waals surface area contributed by atoms with Gasteiger partial charge in [-0.15, -0.1) is 0 Å². The monoisotopic (exact) mass is 362 g/mol. The Hall–Kier alpha value is -2.38. The van der Waals surface area contributed by atoms with Gasteiger partial charge in [-0.3, -0.25) is 4.79 Å². The van der Waals surface area contributed by atoms with Gasteiger partial charge in [0.1, 0.15) is 5.75 Å². The third-order valence-electron chi connectivity index (χ3n) is 3.87. The average molecular weight is 362 g/mol. The molecular weight excluding hydrogens is 340 g/mol. The van der Waals surface area contributed by atoms with Gasteiger partial charge in [0.15, 0.2) is 0 Å². The molecule has 1 atom stereocenters. The minimum atomic E-state index is -3.80. The summed E-state index contributed by atoms with van der Waals surface area (Å²) in [5.74, 6) is 0.125. The Labute approximate surface area is 148 Å². The van der Waals surface area contributed by atoms with Crippen LogP contribution in [0.1, 0.15) is 18.1 Å². The van der Waals surface area contributed by atoms with Crippen molar-refractivity contribution in [3.8, 4) is 5.75 Å². The highest BCUT2D eigenvalue weighted by Gasteiger charge is 2.22. The molecule has 0 saturated carbocycles. The van der Waals surface area contributed by atoms with E-state index in [9.17, 15) is 13.2 Å². The van der Waals surface area contributed by atoms with Gasteiger partial charge in [-0.2, -0.15) is 4.72 Å². The lowest BCUT2D eigenvalue weighted by molar-refractivity contribution is -0.117. The third-order valence-corrected chi connectivity index (χ3v) is 5.43. The number of anilines is 1. The van der Waals surface area contributed by atoms with E-state index in [4.69, 9.17) is 4.74 Å². The van der Waals surface area contributed by atoms with E-state index in [0.29, 0.717) is 11.4 Å². The standard InChI is InChI=1S/C18H22N2O4S/c1-12-5-6-15(11-13(12)2)19-18(21)14(3)20-25(22,23)17-9-7-16(24-4)8-10-17/h5-11,14,20H,1-4H3,(H,19,21)/t14-/m1/s1. The highest BCUT2D eigenvalue weighted by molar-refractivity contribution is 7.89. The second-order valence-corrected chi connectivity index (χ2v) is 7.52. The fraction of sp³-hybridized carbons (Fsp3) is 0.278. The number of hydrogen-bond acceptors (Lipinski definition) is 4. The topological polar surface area (TPSA) is 84.5 Å². The first kappa shape index (κ1) is 19.0. The Kier molecular flexibility index (Phi) is 5.81. The van der Waals surface area contributed by atoms with Crippen LogP contribution in [0, 0.1) is 13.8 Å². The predicted octanol–water partition coefficient (Wildman–Crippen LogP) is 2.62. The molecule has 0 spiro atoms. The summed E-state index contributed by atoms with van der Waals surface area (Å²) in [6.45, 7) is 5.42. The third kappa shape index (κ3) is 4.80. The SMILES string of the molecule is COc1ccc(S(=O)(=O)N[C@H](C)C(=O)Nc2ccc(C)c(C)c2)cc1. The number of sulfonamides is 1. The molecule has 0 saturated heterocycles. The van der Waals surface area contributed by atoms with Crippen LogP contribution in [0.15, 0.2) is 47.4 Å². The minimum absolute atomic E-state index is 0.0686. The molecule has 6 nitrogen and oxygen atoms in total. The molecule has 0 radical (unpaired) electrons. The van der Waals surface area contributed by atoms with Gasteiger partial charge in [0.05, 0.1) is 18.0 Å². The van der Waals surface area contributed by atoms with E-state index in [0.717, 1.165) is 11.1 Å². The molecule has 2 aromatic rings. The van der Waals surface area contributed by atoms with Gasteiger partial charge in [-0.1, -0.05) is 6.07 Å². The van der Waals surface area contributed by atoms with E-state index < -0.39 is 22.0 Å². The number of benzene rings is 2. The van der Waals surface area contributed by atoms with E-state index in [1.807, 2.05) is 26.0 Å². The van der Waals surface area contributed by atoms with Crippen molar-refractivity contribution >= 4 is 21.6 Å². The number of carbonyl (C=O) groups excluding carboxylic acids is 1. The van der Waals surface area contributed by atoms with E-state index in [2.05, 4.69) is 10.0 Å². The van der Waals surface area contributed by atoms with Crippen LogP contribution in [-0.2, 0) is 14.8 Å². The maximum absolute atomic E-state index is 12.4. The lowest BCUT2D eigenvalue weighted by atomic mass is 10.1. The molecule has 0 unspecified atom stereocenters. The summed E-state index contributed by atoms with van der Waals surface area (Å²) in [5.41, 5.74) is 2.79. The molecule has 0 aliphatic rings. The minimum Gasteiger partial charge on any atom is -0.497 e. The molecule has 0 bridgehead atoms. The zero-order valence-electron chi connectivity index (χ0n) is 14.7. The smallest absolute Gasteiger partial charge is 0.242 e. The van der Waals surface area contributed by atoms with Gasteiger partial charge in [0.2, 0.25) is 15.9 Å². The average Bonchev–Trinajstić information content (AvgIpc) is 2.57. The van der Waals surface area contributed by atoms with Crippen LogP contribution in [0.5, 0.6) is 5.75 Å². The zero-order chi connectivity index (χ0) is 18.6. The maximum atomic E-state index is 12.4. The molecule has 0 aromatic heterocycles. The quantitative estimate of drug-likeness (QED) is 0.827. The highest BCUT2D eigenvalue weighted by Crippen LogP contribution is 2.17. The summed E-state index contributed by atoms with van der Waals surface area (Å²) in [5, 5.41) is 2.72. The summed E-state index contributed by atoms with van der Waals surface area (Å²) in [6, 6.07) is 10.6. The molecule has 0 heterocycles. The normalized spacial score (nSPS) is 12.5. The van der Waals surface area contributed by atoms with Crippen LogP contribution in [0.3, 0.4) is 0 Å². The number of methoxy groups -OCH3 is 1. The van der Waals surface area contributed by atoms with E-state index in [1.165, 1.54) is 26.2 Å². The molecule has 7 heteroatoms. The van der Waals surface area contributed by atoms with Crippen molar-refractivity contribution in [1.82, 2.24) is 4.72 Å². The summed E-state index contributed by atoms with van der Waals surface area (Å²) in [6.07, 6.45) is 0. The number of amides is 1. The van der Waals surface area contributed by atoms with E-state index in [1.54, 1.807) is 18.2 Å². The maximum Gasteiger partial charge on any atom is 0.242 e. The van der Waals surface area contributed by atoms with Crippen molar-refractivity contribution in [3.05, 3.63) is 53.6 Å². The van der Waals surface area contributed by atoms with Crippen LogP contribution in [0.4, 0.5) is 5.69 Å². The van der Waals surface area contributed by atoms with E-state index in [-0.39, 0.29) is 4.90 Å². The molecule has 0 aliphatic carbocycles. The molecule has 134 valence electrons. The van der Waals surface area contributed by atoms with Gasteiger partial charge in [0.25, 0.3) is 0 Å². The summed E-state index contributed by atoms with van der Waals surface area (Å²) >= 11 is 0. The first-order valence-electron chi connectivity index (χ1n) is 7.77. The second-order valence-electron chi connectivity index (χ2n) is 5.81. The van der Waals surface area contributed by atoms with Crippen LogP contribution in [0.25, 0.3) is 0 Å². The number of aryl methyl sites for hydroxylation is 2. The Morgan fingerprint density at radius 2 is 1.68 bits per heavy atom. The van der Waals surface area contributed by atoms with Gasteiger partial charge in [-0.25, -0.2) is 8.42 Å². The number of ether oxygens (including phenoxy) is 1. The number of rotatable bonds is 6. The summed E-state index contributed by atoms with van der Waals surface area (Å²) < 4.78 is 32.1. The summed E-state index contributed by atoms with van der Waals surface area (Å²) in [4.78, 5) is 12.3. The van der Waals surface area contributed by atoms with Crippen molar-refractivity contribution in [2.24, 2.45) is 0 Å². The van der Waals surface area contributed by atoms with Gasteiger partial charge < -0.3 is 10.1 Å². The predicted molar refractivity (Wildman–Crippen MR) is 97.3 cm³/mol. The molecule has 25 heavy (non-hydrogen) atoms. The lowest BCUT2D eigenvalue weighted by Crippen LogP contribution is -2.41. The van der Waals surface area contributed by atoms with Gasteiger partial charge >= 0.3 is 0 Å². The highest BCUT2D eigenvalue weighted by atomic mass is 32.2. The second kappa shape index (κ2) is 7.67. The van der Waals surface area contributed by atoms with Crippen LogP contribution in [-0.4, -0.2) is 27.5 Å². The number of carbonyl (C=O) groups is 1. The molecule has 0 aliphatic heterocycles. The van der Waals surface area contributed by atoms with Gasteiger partial charge in [0, 0.05) is 5.69 Å². The Morgan fingerprint density at radius 3 is 2.24 bits per heavy atom. The van der Waals surface area contributed by atoms with E-state index >= 15 is 0 Å². The van der Waals surface area contributed by atoms with Crippen LogP contribution < -0.4 is 14.8 Å². The number of hydrogen-bond donors (Lipinski definition) is 2. The van der Waals surface area contributed by atoms with Gasteiger partial charge in [-0.05, 0) is 68.3 Å². The Bertz CT molecular complexity index is 861. The first-order chi connectivity index (χ1) is 11.7. The Morgan fingerprint density at radius 1 is 1.04 bits per heavy atom. The first-order valence-corrected chi connectivity index (χ1v) is 9.26. The van der Waals surface area contributed by atoms with Crippen LogP contribution in [0.2, 0.25) is 0 Å². The largest absolute Gasteiger partial charge is 0.497 e.